The molecule has 0 aliphatic rings. The number of benzene rings is 1. The second-order valence-corrected chi connectivity index (χ2v) is 4.45. The van der Waals surface area contributed by atoms with Crippen LogP contribution >= 0.6 is 15.9 Å². The molecule has 0 fully saturated rings. The highest BCUT2D eigenvalue weighted by atomic mass is 79.9. The average Bonchev–Trinajstić information content (AvgIpc) is 2.24. The highest BCUT2D eigenvalue weighted by molar-refractivity contribution is 9.10. The Kier molecular flexibility index (Phi) is 4.51. The number of halogens is 1. The van der Waals surface area contributed by atoms with Crippen LogP contribution in [0.2, 0.25) is 0 Å². The Bertz CT molecular complexity index is 437. The van der Waals surface area contributed by atoms with Gasteiger partial charge in [0, 0.05) is 10.2 Å². The summed E-state index contributed by atoms with van der Waals surface area (Å²) in [6.07, 6.45) is 0.526. The molecule has 1 N–H and O–H groups in total. The molecular formula is C12H13BrN2O. The largest absolute Gasteiger partial charge is 0.325 e. The predicted octanol–water partition coefficient (Wildman–Crippen LogP) is 3.25. The van der Waals surface area contributed by atoms with Gasteiger partial charge in [-0.1, -0.05) is 22.9 Å². The van der Waals surface area contributed by atoms with Crippen LogP contribution in [0, 0.1) is 24.2 Å². The van der Waals surface area contributed by atoms with E-state index >= 15 is 0 Å². The lowest BCUT2D eigenvalue weighted by Gasteiger charge is -2.10. The topological polar surface area (TPSA) is 52.9 Å². The molecule has 0 aromatic heterocycles. The van der Waals surface area contributed by atoms with Crippen LogP contribution in [0.1, 0.15) is 18.9 Å². The first-order chi connectivity index (χ1) is 7.58. The molecule has 1 amide bonds. The van der Waals surface area contributed by atoms with E-state index < -0.39 is 5.92 Å². The number of amides is 1. The number of nitrogens with zero attached hydrogens (tertiary/aromatic N) is 1. The van der Waals surface area contributed by atoms with Crippen LogP contribution in [0.3, 0.4) is 0 Å². The van der Waals surface area contributed by atoms with Gasteiger partial charge in [-0.2, -0.15) is 5.26 Å². The summed E-state index contributed by atoms with van der Waals surface area (Å²) >= 11 is 3.35. The molecule has 0 spiro atoms. The molecule has 3 nitrogen and oxygen atoms in total. The van der Waals surface area contributed by atoms with Crippen molar-refractivity contribution in [3.05, 3.63) is 28.2 Å². The number of carbonyl (C=O) groups excluding carboxylic acids is 1. The van der Waals surface area contributed by atoms with Crippen molar-refractivity contribution in [3.8, 4) is 6.07 Å². The van der Waals surface area contributed by atoms with Crippen LogP contribution in [-0.2, 0) is 4.79 Å². The van der Waals surface area contributed by atoms with E-state index in [4.69, 9.17) is 5.26 Å². The summed E-state index contributed by atoms with van der Waals surface area (Å²) in [7, 11) is 0. The first kappa shape index (κ1) is 12.7. The molecule has 0 saturated heterocycles. The van der Waals surface area contributed by atoms with Gasteiger partial charge in [0.25, 0.3) is 0 Å². The van der Waals surface area contributed by atoms with Gasteiger partial charge in [0.05, 0.1) is 6.07 Å². The van der Waals surface area contributed by atoms with E-state index in [1.807, 2.05) is 38.1 Å². The standard InChI is InChI=1S/C12H13BrN2O/c1-3-9(7-14)12(16)15-11-5-4-10(13)6-8(11)2/h4-6,9H,3H2,1-2H3,(H,15,16). The lowest BCUT2D eigenvalue weighted by atomic mass is 10.1. The zero-order valence-electron chi connectivity index (χ0n) is 9.25. The fraction of sp³-hybridized carbons (Fsp3) is 0.333. The molecule has 84 valence electrons. The van der Waals surface area contributed by atoms with E-state index in [2.05, 4.69) is 21.2 Å². The molecule has 16 heavy (non-hydrogen) atoms. The van der Waals surface area contributed by atoms with Gasteiger partial charge >= 0.3 is 0 Å². The minimum absolute atomic E-state index is 0.240. The van der Waals surface area contributed by atoms with Gasteiger partial charge in [-0.3, -0.25) is 4.79 Å². The molecule has 0 heterocycles. The summed E-state index contributed by atoms with van der Waals surface area (Å²) in [5.41, 5.74) is 1.72. The van der Waals surface area contributed by atoms with Gasteiger partial charge in [-0.15, -0.1) is 0 Å². The fourth-order valence-electron chi connectivity index (χ4n) is 1.32. The number of nitrogens with one attached hydrogen (secondary N) is 1. The molecule has 0 bridgehead atoms. The number of aryl methyl sites for hydroxylation is 1. The average molecular weight is 281 g/mol. The van der Waals surface area contributed by atoms with E-state index in [1.165, 1.54) is 0 Å². The van der Waals surface area contributed by atoms with E-state index in [1.54, 1.807) is 0 Å². The first-order valence-corrected chi connectivity index (χ1v) is 5.84. The van der Waals surface area contributed by atoms with Gasteiger partial charge in [-0.25, -0.2) is 0 Å². The third kappa shape index (κ3) is 3.07. The number of hydrogen-bond acceptors (Lipinski definition) is 2. The Balaban J connectivity index is 2.81. The Morgan fingerprint density at radius 3 is 2.81 bits per heavy atom. The molecule has 4 heteroatoms. The monoisotopic (exact) mass is 280 g/mol. The van der Waals surface area contributed by atoms with E-state index in [0.29, 0.717) is 6.42 Å². The summed E-state index contributed by atoms with van der Waals surface area (Å²) in [5, 5.41) is 11.5. The summed E-state index contributed by atoms with van der Waals surface area (Å²) in [4.78, 5) is 11.7. The molecule has 0 aliphatic carbocycles. The number of hydrogen-bond donors (Lipinski definition) is 1. The van der Waals surface area contributed by atoms with Crippen molar-refractivity contribution in [1.29, 1.82) is 5.26 Å². The Morgan fingerprint density at radius 2 is 2.31 bits per heavy atom. The van der Waals surface area contributed by atoms with Crippen molar-refractivity contribution in [2.24, 2.45) is 5.92 Å². The molecule has 1 atom stereocenters. The van der Waals surface area contributed by atoms with Crippen LogP contribution in [0.25, 0.3) is 0 Å². The molecular weight excluding hydrogens is 268 g/mol. The Hall–Kier alpha value is -1.34. The molecule has 1 aromatic carbocycles. The minimum Gasteiger partial charge on any atom is -0.325 e. The summed E-state index contributed by atoms with van der Waals surface area (Å²) in [6, 6.07) is 7.58. The van der Waals surface area contributed by atoms with Crippen molar-refractivity contribution in [1.82, 2.24) is 0 Å². The van der Waals surface area contributed by atoms with Crippen molar-refractivity contribution < 1.29 is 4.79 Å². The number of rotatable bonds is 3. The lowest BCUT2D eigenvalue weighted by molar-refractivity contribution is -0.118. The highest BCUT2D eigenvalue weighted by Crippen LogP contribution is 2.20. The van der Waals surface area contributed by atoms with Crippen LogP contribution in [0.15, 0.2) is 22.7 Å². The maximum absolute atomic E-state index is 11.7. The molecule has 1 rings (SSSR count). The van der Waals surface area contributed by atoms with E-state index in [9.17, 15) is 4.79 Å². The fourth-order valence-corrected chi connectivity index (χ4v) is 1.80. The summed E-state index contributed by atoms with van der Waals surface area (Å²) in [5.74, 6) is -0.821. The number of anilines is 1. The van der Waals surface area contributed by atoms with Crippen molar-refractivity contribution >= 4 is 27.5 Å². The Labute approximate surface area is 104 Å². The molecule has 0 aliphatic heterocycles. The number of nitriles is 1. The zero-order chi connectivity index (χ0) is 12.1. The number of carbonyl (C=O) groups is 1. The molecule has 0 saturated carbocycles. The molecule has 1 aromatic rings. The zero-order valence-corrected chi connectivity index (χ0v) is 10.8. The first-order valence-electron chi connectivity index (χ1n) is 5.05. The minimum atomic E-state index is -0.581. The van der Waals surface area contributed by atoms with Crippen molar-refractivity contribution in [3.63, 3.8) is 0 Å². The van der Waals surface area contributed by atoms with Crippen LogP contribution in [0.5, 0.6) is 0 Å². The summed E-state index contributed by atoms with van der Waals surface area (Å²) in [6.45, 7) is 3.73. The van der Waals surface area contributed by atoms with Crippen LogP contribution in [0.4, 0.5) is 5.69 Å². The predicted molar refractivity (Wildman–Crippen MR) is 66.9 cm³/mol. The van der Waals surface area contributed by atoms with Crippen LogP contribution in [-0.4, -0.2) is 5.91 Å². The van der Waals surface area contributed by atoms with Crippen molar-refractivity contribution in [2.45, 2.75) is 20.3 Å². The molecule has 1 unspecified atom stereocenters. The highest BCUT2D eigenvalue weighted by Gasteiger charge is 2.15. The van der Waals surface area contributed by atoms with E-state index in [-0.39, 0.29) is 5.91 Å². The van der Waals surface area contributed by atoms with Gasteiger partial charge in [0.2, 0.25) is 5.91 Å². The quantitative estimate of drug-likeness (QED) is 0.924. The van der Waals surface area contributed by atoms with Gasteiger partial charge in [0.1, 0.15) is 5.92 Å². The lowest BCUT2D eigenvalue weighted by Crippen LogP contribution is -2.21. The second kappa shape index (κ2) is 5.66. The smallest absolute Gasteiger partial charge is 0.241 e. The maximum Gasteiger partial charge on any atom is 0.241 e. The van der Waals surface area contributed by atoms with Gasteiger partial charge in [0.15, 0.2) is 0 Å². The third-order valence-corrected chi connectivity index (χ3v) is 2.82. The third-order valence-electron chi connectivity index (χ3n) is 2.33. The SMILES string of the molecule is CCC(C#N)C(=O)Nc1ccc(Br)cc1C. The van der Waals surface area contributed by atoms with Crippen molar-refractivity contribution in [2.75, 3.05) is 5.32 Å². The summed E-state index contributed by atoms with van der Waals surface area (Å²) < 4.78 is 0.968. The van der Waals surface area contributed by atoms with Crippen LogP contribution < -0.4 is 5.32 Å². The van der Waals surface area contributed by atoms with E-state index in [0.717, 1.165) is 15.7 Å². The maximum atomic E-state index is 11.7. The second-order valence-electron chi connectivity index (χ2n) is 3.54. The normalized spacial score (nSPS) is 11.6. The molecule has 0 radical (unpaired) electrons. The van der Waals surface area contributed by atoms with Gasteiger partial charge in [-0.05, 0) is 37.1 Å². The Morgan fingerprint density at radius 1 is 1.62 bits per heavy atom. The van der Waals surface area contributed by atoms with Gasteiger partial charge < -0.3 is 5.32 Å².